The van der Waals surface area contributed by atoms with Gasteiger partial charge in [-0.2, -0.15) is 0 Å². The zero-order valence-corrected chi connectivity index (χ0v) is 17.7. The predicted octanol–water partition coefficient (Wildman–Crippen LogP) is 3.73. The minimum atomic E-state index is -0.562. The van der Waals surface area contributed by atoms with E-state index in [0.29, 0.717) is 6.54 Å². The fourth-order valence-electron chi connectivity index (χ4n) is 2.66. The van der Waals surface area contributed by atoms with Gasteiger partial charge in [-0.3, -0.25) is 9.59 Å². The molecule has 2 amide bonds. The third-order valence-electron chi connectivity index (χ3n) is 4.22. The third-order valence-corrected chi connectivity index (χ3v) is 5.21. The molecule has 28 heavy (non-hydrogen) atoms. The van der Waals surface area contributed by atoms with Crippen molar-refractivity contribution in [3.63, 3.8) is 0 Å². The summed E-state index contributed by atoms with van der Waals surface area (Å²) in [6.07, 6.45) is 0. The van der Waals surface area contributed by atoms with Gasteiger partial charge in [-0.25, -0.2) is 0 Å². The van der Waals surface area contributed by atoms with Crippen molar-refractivity contribution < 1.29 is 14.3 Å². The van der Waals surface area contributed by atoms with Crippen molar-refractivity contribution in [2.45, 2.75) is 44.3 Å². The number of hydrogen-bond donors (Lipinski definition) is 1. The van der Waals surface area contributed by atoms with Gasteiger partial charge in [0.15, 0.2) is 0 Å². The smallest absolute Gasteiger partial charge is 0.242 e. The maximum Gasteiger partial charge on any atom is 0.242 e. The van der Waals surface area contributed by atoms with Gasteiger partial charge in [0.25, 0.3) is 0 Å². The number of carbonyl (C=O) groups is 2. The second-order valence-electron chi connectivity index (χ2n) is 6.81. The number of ether oxygens (including phenoxy) is 1. The zero-order valence-electron chi connectivity index (χ0n) is 16.8. The van der Waals surface area contributed by atoms with Crippen LogP contribution >= 0.6 is 11.8 Å². The Hall–Kier alpha value is -2.47. The maximum absolute atomic E-state index is 13.0. The number of thioether (sulfide) groups is 1. The molecule has 2 aromatic rings. The Balaban J connectivity index is 2.13. The highest BCUT2D eigenvalue weighted by Crippen LogP contribution is 2.20. The highest BCUT2D eigenvalue weighted by Gasteiger charge is 2.26. The molecule has 2 rings (SSSR count). The molecule has 0 saturated heterocycles. The lowest BCUT2D eigenvalue weighted by molar-refractivity contribution is -0.138. The molecule has 0 radical (unpaired) electrons. The van der Waals surface area contributed by atoms with Crippen LogP contribution in [0.25, 0.3) is 0 Å². The van der Waals surface area contributed by atoms with Gasteiger partial charge in [0.1, 0.15) is 11.8 Å². The Labute approximate surface area is 171 Å². The van der Waals surface area contributed by atoms with E-state index in [1.165, 1.54) is 11.8 Å². The molecule has 0 fully saturated rings. The first-order valence-corrected chi connectivity index (χ1v) is 10.3. The molecule has 0 heterocycles. The first-order chi connectivity index (χ1) is 13.4. The molecule has 0 bridgehead atoms. The van der Waals surface area contributed by atoms with Gasteiger partial charge in [0.05, 0.1) is 12.9 Å². The molecule has 6 heteroatoms. The van der Waals surface area contributed by atoms with E-state index in [1.807, 2.05) is 68.4 Å². The molecule has 150 valence electrons. The molecule has 0 saturated carbocycles. The van der Waals surface area contributed by atoms with Crippen molar-refractivity contribution in [2.24, 2.45) is 0 Å². The summed E-state index contributed by atoms with van der Waals surface area (Å²) in [5, 5.41) is 2.90. The van der Waals surface area contributed by atoms with Crippen LogP contribution in [0.5, 0.6) is 5.75 Å². The van der Waals surface area contributed by atoms with E-state index in [4.69, 9.17) is 4.74 Å². The zero-order chi connectivity index (χ0) is 20.5. The molecule has 5 nitrogen and oxygen atoms in total. The van der Waals surface area contributed by atoms with Crippen LogP contribution in [0.3, 0.4) is 0 Å². The lowest BCUT2D eigenvalue weighted by Crippen LogP contribution is -2.49. The molecule has 1 N–H and O–H groups in total. The minimum absolute atomic E-state index is 0.0200. The Bertz CT molecular complexity index is 763. The fourth-order valence-corrected chi connectivity index (χ4v) is 3.47. The number of nitrogens with one attached hydrogen (secondary N) is 1. The second kappa shape index (κ2) is 10.8. The van der Waals surface area contributed by atoms with E-state index < -0.39 is 6.04 Å². The highest BCUT2D eigenvalue weighted by molar-refractivity contribution is 8.00. The third kappa shape index (κ3) is 6.60. The normalized spacial score (nSPS) is 11.8. The van der Waals surface area contributed by atoms with Crippen LogP contribution in [0.15, 0.2) is 59.5 Å². The Kier molecular flexibility index (Phi) is 8.39. The average Bonchev–Trinajstić information content (AvgIpc) is 2.70. The molecule has 0 aliphatic carbocycles. The topological polar surface area (TPSA) is 58.6 Å². The summed E-state index contributed by atoms with van der Waals surface area (Å²) < 4.78 is 5.19. The summed E-state index contributed by atoms with van der Waals surface area (Å²) in [5.74, 6) is 0.809. The number of nitrogens with zero attached hydrogens (tertiary/aromatic N) is 1. The largest absolute Gasteiger partial charge is 0.497 e. The molecular weight excluding hydrogens is 372 g/mol. The van der Waals surface area contributed by atoms with Gasteiger partial charge in [-0.15, -0.1) is 11.8 Å². The first kappa shape index (κ1) is 21.8. The van der Waals surface area contributed by atoms with Crippen LogP contribution in [0, 0.1) is 0 Å². The molecule has 0 spiro atoms. The van der Waals surface area contributed by atoms with E-state index in [-0.39, 0.29) is 23.6 Å². The summed E-state index contributed by atoms with van der Waals surface area (Å²) in [6.45, 7) is 5.95. The summed E-state index contributed by atoms with van der Waals surface area (Å²) in [6, 6.07) is 16.8. The number of amides is 2. The van der Waals surface area contributed by atoms with E-state index in [1.54, 1.807) is 18.9 Å². The van der Waals surface area contributed by atoms with Crippen molar-refractivity contribution in [1.82, 2.24) is 10.2 Å². The van der Waals surface area contributed by atoms with Crippen LogP contribution in [-0.2, 0) is 16.1 Å². The maximum atomic E-state index is 13.0. The molecule has 2 aromatic carbocycles. The standard InChI is InChI=1S/C22H28N2O3S/c1-16(2)23-22(26)17(3)24(14-18-10-12-19(27-4)13-11-18)21(25)15-28-20-8-6-5-7-9-20/h5-13,16-17H,14-15H2,1-4H3,(H,23,26). The van der Waals surface area contributed by atoms with Crippen molar-refractivity contribution in [3.05, 3.63) is 60.2 Å². The predicted molar refractivity (Wildman–Crippen MR) is 113 cm³/mol. The van der Waals surface area contributed by atoms with E-state index in [2.05, 4.69) is 5.32 Å². The average molecular weight is 401 g/mol. The van der Waals surface area contributed by atoms with Crippen molar-refractivity contribution in [1.29, 1.82) is 0 Å². The fraction of sp³-hybridized carbons (Fsp3) is 0.364. The number of hydrogen-bond acceptors (Lipinski definition) is 4. The van der Waals surface area contributed by atoms with E-state index in [9.17, 15) is 9.59 Å². The summed E-state index contributed by atoms with van der Waals surface area (Å²) in [5.41, 5.74) is 0.947. The van der Waals surface area contributed by atoms with Gasteiger partial charge >= 0.3 is 0 Å². The number of methoxy groups -OCH3 is 1. The monoisotopic (exact) mass is 400 g/mol. The second-order valence-corrected chi connectivity index (χ2v) is 7.86. The van der Waals surface area contributed by atoms with E-state index >= 15 is 0 Å². The van der Waals surface area contributed by atoms with Crippen LogP contribution in [0.1, 0.15) is 26.3 Å². The minimum Gasteiger partial charge on any atom is -0.497 e. The summed E-state index contributed by atoms with van der Waals surface area (Å²) in [7, 11) is 1.62. The molecule has 0 aliphatic rings. The highest BCUT2D eigenvalue weighted by atomic mass is 32.2. The van der Waals surface area contributed by atoms with Crippen LogP contribution in [0.2, 0.25) is 0 Å². The Morgan fingerprint density at radius 2 is 1.68 bits per heavy atom. The number of carbonyl (C=O) groups excluding carboxylic acids is 2. The number of benzene rings is 2. The lowest BCUT2D eigenvalue weighted by atomic mass is 10.1. The Morgan fingerprint density at radius 3 is 2.25 bits per heavy atom. The quantitative estimate of drug-likeness (QED) is 0.652. The first-order valence-electron chi connectivity index (χ1n) is 9.31. The lowest BCUT2D eigenvalue weighted by Gasteiger charge is -2.29. The summed E-state index contributed by atoms with van der Waals surface area (Å²) >= 11 is 1.47. The van der Waals surface area contributed by atoms with Gasteiger partial charge in [0.2, 0.25) is 11.8 Å². The van der Waals surface area contributed by atoms with Crippen LogP contribution in [-0.4, -0.2) is 41.7 Å². The van der Waals surface area contributed by atoms with Crippen molar-refractivity contribution >= 4 is 23.6 Å². The van der Waals surface area contributed by atoms with Crippen molar-refractivity contribution in [2.75, 3.05) is 12.9 Å². The van der Waals surface area contributed by atoms with Crippen molar-refractivity contribution in [3.8, 4) is 5.75 Å². The van der Waals surface area contributed by atoms with E-state index in [0.717, 1.165) is 16.2 Å². The van der Waals surface area contributed by atoms with Crippen LogP contribution < -0.4 is 10.1 Å². The van der Waals surface area contributed by atoms with Crippen LogP contribution in [0.4, 0.5) is 0 Å². The molecular formula is C22H28N2O3S. The van der Waals surface area contributed by atoms with Gasteiger partial charge in [-0.1, -0.05) is 30.3 Å². The SMILES string of the molecule is COc1ccc(CN(C(=O)CSc2ccccc2)C(C)C(=O)NC(C)C)cc1. The molecule has 1 unspecified atom stereocenters. The van der Waals surface area contributed by atoms with Gasteiger partial charge in [0, 0.05) is 17.5 Å². The Morgan fingerprint density at radius 1 is 1.04 bits per heavy atom. The summed E-state index contributed by atoms with van der Waals surface area (Å²) in [4.78, 5) is 28.2. The number of rotatable bonds is 9. The molecule has 1 atom stereocenters. The molecule has 0 aromatic heterocycles. The van der Waals surface area contributed by atoms with Gasteiger partial charge < -0.3 is 15.0 Å². The van der Waals surface area contributed by atoms with Gasteiger partial charge in [-0.05, 0) is 50.6 Å². The molecule has 0 aliphatic heterocycles.